The van der Waals surface area contributed by atoms with E-state index in [0.717, 1.165) is 0 Å². The van der Waals surface area contributed by atoms with Gasteiger partial charge in [-0.1, -0.05) is 12.1 Å². The Bertz CT molecular complexity index is 442. The topological polar surface area (TPSA) is 57.6 Å². The molecule has 1 unspecified atom stereocenters. The second-order valence-electron chi connectivity index (χ2n) is 3.97. The normalized spacial score (nSPS) is 20.2. The van der Waals surface area contributed by atoms with Crippen LogP contribution in [-0.4, -0.2) is 29.4 Å². The van der Waals surface area contributed by atoms with Gasteiger partial charge < -0.3 is 10.0 Å². The number of hydrogen-bond donors (Lipinski definition) is 1. The molecule has 0 aromatic heterocycles. The minimum atomic E-state index is -0.603. The van der Waals surface area contributed by atoms with Gasteiger partial charge in [-0.05, 0) is 19.1 Å². The lowest BCUT2D eigenvalue weighted by Crippen LogP contribution is -2.25. The Kier molecular flexibility index (Phi) is 2.75. The van der Waals surface area contributed by atoms with Crippen LogP contribution in [0.15, 0.2) is 24.3 Å². The molecule has 0 aliphatic carbocycles. The van der Waals surface area contributed by atoms with Crippen molar-refractivity contribution in [2.45, 2.75) is 19.4 Å². The lowest BCUT2D eigenvalue weighted by molar-refractivity contribution is -0.117. The molecule has 1 fully saturated rings. The van der Waals surface area contributed by atoms with Crippen molar-refractivity contribution in [2.24, 2.45) is 0 Å². The van der Waals surface area contributed by atoms with E-state index in [9.17, 15) is 14.7 Å². The molecule has 1 aromatic carbocycles. The molecule has 1 atom stereocenters. The monoisotopic (exact) mass is 219 g/mol. The Balaban J connectivity index is 2.30. The predicted molar refractivity (Wildman–Crippen MR) is 59.4 cm³/mol. The first-order valence-corrected chi connectivity index (χ1v) is 5.17. The predicted octanol–water partition coefficient (Wildman–Crippen LogP) is 0.987. The lowest BCUT2D eigenvalue weighted by atomic mass is 10.1. The summed E-state index contributed by atoms with van der Waals surface area (Å²) in [6, 6.07) is 6.90. The molecule has 2 rings (SSSR count). The second kappa shape index (κ2) is 4.06. The van der Waals surface area contributed by atoms with E-state index in [1.54, 1.807) is 24.3 Å². The van der Waals surface area contributed by atoms with E-state index in [0.29, 0.717) is 17.8 Å². The summed E-state index contributed by atoms with van der Waals surface area (Å²) < 4.78 is 0. The number of nitrogens with zero attached hydrogens (tertiary/aromatic N) is 1. The summed E-state index contributed by atoms with van der Waals surface area (Å²) in [7, 11) is 0. The summed E-state index contributed by atoms with van der Waals surface area (Å²) in [6.45, 7) is 1.79. The molecule has 4 heteroatoms. The molecule has 4 nitrogen and oxygen atoms in total. The zero-order valence-corrected chi connectivity index (χ0v) is 9.01. The first-order chi connectivity index (χ1) is 7.58. The van der Waals surface area contributed by atoms with Gasteiger partial charge in [-0.2, -0.15) is 0 Å². The van der Waals surface area contributed by atoms with Crippen LogP contribution in [0.4, 0.5) is 5.69 Å². The van der Waals surface area contributed by atoms with Crippen molar-refractivity contribution >= 4 is 17.4 Å². The van der Waals surface area contributed by atoms with Crippen molar-refractivity contribution in [1.29, 1.82) is 0 Å². The highest BCUT2D eigenvalue weighted by molar-refractivity contribution is 5.99. The molecule has 0 spiro atoms. The number of amides is 1. The van der Waals surface area contributed by atoms with Crippen molar-refractivity contribution in [3.63, 3.8) is 0 Å². The van der Waals surface area contributed by atoms with Crippen LogP contribution in [0.1, 0.15) is 23.7 Å². The highest BCUT2D eigenvalue weighted by Crippen LogP contribution is 2.22. The molecule has 1 aromatic rings. The quantitative estimate of drug-likeness (QED) is 0.754. The maximum Gasteiger partial charge on any atom is 0.229 e. The summed E-state index contributed by atoms with van der Waals surface area (Å²) in [6.07, 6.45) is -0.446. The van der Waals surface area contributed by atoms with Gasteiger partial charge in [0, 0.05) is 11.3 Å². The van der Waals surface area contributed by atoms with Gasteiger partial charge in [0.1, 0.15) is 0 Å². The number of β-amino-alcohol motifs (C(OH)–C–C–N with tert-alkyl or cyclic N) is 1. The van der Waals surface area contributed by atoms with Gasteiger partial charge >= 0.3 is 0 Å². The summed E-state index contributed by atoms with van der Waals surface area (Å²) in [5, 5.41) is 9.38. The molecule has 0 bridgehead atoms. The third-order valence-corrected chi connectivity index (χ3v) is 2.67. The minimum Gasteiger partial charge on any atom is -0.391 e. The Morgan fingerprint density at radius 1 is 1.50 bits per heavy atom. The van der Waals surface area contributed by atoms with E-state index in [-0.39, 0.29) is 18.1 Å². The maximum absolute atomic E-state index is 11.5. The fourth-order valence-corrected chi connectivity index (χ4v) is 1.83. The average Bonchev–Trinajstić information content (AvgIpc) is 2.58. The SMILES string of the molecule is CC(=O)c1cccc(N2CC(O)CC2=O)c1. The number of Topliss-reactive ketones (excluding diaryl/α,β-unsaturated/α-hetero) is 1. The number of ketones is 1. The number of aliphatic hydroxyl groups excluding tert-OH is 1. The van der Waals surface area contributed by atoms with Gasteiger partial charge in [0.15, 0.2) is 5.78 Å². The zero-order chi connectivity index (χ0) is 11.7. The number of benzene rings is 1. The summed E-state index contributed by atoms with van der Waals surface area (Å²) >= 11 is 0. The highest BCUT2D eigenvalue weighted by atomic mass is 16.3. The van der Waals surface area contributed by atoms with Crippen molar-refractivity contribution in [3.05, 3.63) is 29.8 Å². The average molecular weight is 219 g/mol. The molecule has 1 N–H and O–H groups in total. The van der Waals surface area contributed by atoms with Gasteiger partial charge in [-0.15, -0.1) is 0 Å². The van der Waals surface area contributed by atoms with E-state index in [1.807, 2.05) is 0 Å². The standard InChI is InChI=1S/C12H13NO3/c1-8(14)9-3-2-4-10(5-9)13-7-11(15)6-12(13)16/h2-5,11,15H,6-7H2,1H3. The molecular formula is C12H13NO3. The lowest BCUT2D eigenvalue weighted by Gasteiger charge is -2.16. The summed E-state index contributed by atoms with van der Waals surface area (Å²) in [4.78, 5) is 24.3. The fraction of sp³-hybridized carbons (Fsp3) is 0.333. The molecule has 16 heavy (non-hydrogen) atoms. The molecule has 84 valence electrons. The van der Waals surface area contributed by atoms with Crippen LogP contribution in [-0.2, 0) is 4.79 Å². The van der Waals surface area contributed by atoms with Crippen molar-refractivity contribution in [2.75, 3.05) is 11.4 Å². The Hall–Kier alpha value is -1.68. The van der Waals surface area contributed by atoms with Gasteiger partial charge in [0.2, 0.25) is 5.91 Å². The highest BCUT2D eigenvalue weighted by Gasteiger charge is 2.29. The number of carbonyl (C=O) groups excluding carboxylic acids is 2. The Labute approximate surface area is 93.5 Å². The van der Waals surface area contributed by atoms with Crippen LogP contribution >= 0.6 is 0 Å². The molecule has 1 amide bonds. The van der Waals surface area contributed by atoms with Crippen LogP contribution in [0.3, 0.4) is 0 Å². The number of hydrogen-bond acceptors (Lipinski definition) is 3. The third kappa shape index (κ3) is 1.97. The van der Waals surface area contributed by atoms with Gasteiger partial charge in [-0.25, -0.2) is 0 Å². The molecular weight excluding hydrogens is 206 g/mol. The minimum absolute atomic E-state index is 0.0333. The first-order valence-electron chi connectivity index (χ1n) is 5.17. The van der Waals surface area contributed by atoms with Gasteiger partial charge in [0.25, 0.3) is 0 Å². The first kappa shape index (κ1) is 10.8. The smallest absolute Gasteiger partial charge is 0.229 e. The second-order valence-corrected chi connectivity index (χ2v) is 3.97. The molecule has 1 saturated heterocycles. The molecule has 1 aliphatic heterocycles. The molecule has 1 heterocycles. The number of rotatable bonds is 2. The maximum atomic E-state index is 11.5. The van der Waals surface area contributed by atoms with E-state index in [4.69, 9.17) is 0 Å². The number of anilines is 1. The van der Waals surface area contributed by atoms with E-state index < -0.39 is 6.10 Å². The summed E-state index contributed by atoms with van der Waals surface area (Å²) in [5.74, 6) is -0.137. The molecule has 0 saturated carbocycles. The van der Waals surface area contributed by atoms with Gasteiger partial charge in [0.05, 0.1) is 19.1 Å². The fourth-order valence-electron chi connectivity index (χ4n) is 1.83. The Morgan fingerprint density at radius 2 is 2.25 bits per heavy atom. The van der Waals surface area contributed by atoms with Crippen LogP contribution in [0.5, 0.6) is 0 Å². The van der Waals surface area contributed by atoms with Crippen molar-refractivity contribution < 1.29 is 14.7 Å². The van der Waals surface area contributed by atoms with E-state index in [1.165, 1.54) is 11.8 Å². The summed E-state index contributed by atoms with van der Waals surface area (Å²) in [5.41, 5.74) is 1.25. The van der Waals surface area contributed by atoms with E-state index >= 15 is 0 Å². The Morgan fingerprint density at radius 3 is 2.81 bits per heavy atom. The van der Waals surface area contributed by atoms with Crippen molar-refractivity contribution in [1.82, 2.24) is 0 Å². The van der Waals surface area contributed by atoms with Crippen LogP contribution in [0.2, 0.25) is 0 Å². The van der Waals surface area contributed by atoms with E-state index in [2.05, 4.69) is 0 Å². The van der Waals surface area contributed by atoms with Crippen molar-refractivity contribution in [3.8, 4) is 0 Å². The molecule has 1 aliphatic rings. The van der Waals surface area contributed by atoms with Crippen LogP contribution in [0.25, 0.3) is 0 Å². The van der Waals surface area contributed by atoms with Crippen LogP contribution < -0.4 is 4.90 Å². The zero-order valence-electron chi connectivity index (χ0n) is 9.01. The third-order valence-electron chi connectivity index (χ3n) is 2.67. The van der Waals surface area contributed by atoms with Crippen LogP contribution in [0, 0.1) is 0 Å². The number of carbonyl (C=O) groups is 2. The molecule has 0 radical (unpaired) electrons. The van der Waals surface area contributed by atoms with Gasteiger partial charge in [-0.3, -0.25) is 9.59 Å². The largest absolute Gasteiger partial charge is 0.391 e. The number of aliphatic hydroxyl groups is 1.